The topological polar surface area (TPSA) is 55.1 Å². The Labute approximate surface area is 106 Å². The molecule has 0 saturated carbocycles. The highest BCUT2D eigenvalue weighted by atomic mass is 19.1. The Kier molecular flexibility index (Phi) is 5.80. The second-order valence-corrected chi connectivity index (χ2v) is 3.70. The molecule has 0 spiro atoms. The highest BCUT2D eigenvalue weighted by Crippen LogP contribution is 2.08. The van der Waals surface area contributed by atoms with Crippen LogP contribution in [-0.2, 0) is 0 Å². The van der Waals surface area contributed by atoms with Gasteiger partial charge >= 0.3 is 0 Å². The molecular weight excluding hydrogens is 231 g/mol. The number of nitrogens with two attached hydrogens (primary N) is 1. The van der Waals surface area contributed by atoms with Crippen molar-refractivity contribution < 1.29 is 9.18 Å². The fourth-order valence-corrected chi connectivity index (χ4v) is 1.36. The normalized spacial score (nSPS) is 11.8. The van der Waals surface area contributed by atoms with Crippen LogP contribution in [0, 0.1) is 0 Å². The van der Waals surface area contributed by atoms with Crippen LogP contribution in [0.15, 0.2) is 42.2 Å². The van der Waals surface area contributed by atoms with Crippen molar-refractivity contribution in [2.45, 2.75) is 6.92 Å². The van der Waals surface area contributed by atoms with Gasteiger partial charge < -0.3 is 11.1 Å². The minimum absolute atomic E-state index is 0.0978. The summed E-state index contributed by atoms with van der Waals surface area (Å²) in [5.41, 5.74) is 7.24. The molecule has 96 valence electrons. The molecule has 0 unspecified atom stereocenters. The van der Waals surface area contributed by atoms with E-state index in [1.807, 2.05) is 6.92 Å². The zero-order valence-corrected chi connectivity index (χ0v) is 10.3. The van der Waals surface area contributed by atoms with Crippen molar-refractivity contribution in [2.24, 2.45) is 5.73 Å². The fraction of sp³-hybridized carbons (Fsp3) is 0.214. The Hall–Kier alpha value is -1.94. The van der Waals surface area contributed by atoms with Crippen molar-refractivity contribution in [1.29, 1.82) is 0 Å². The molecule has 3 N–H and O–H groups in total. The number of carbonyl (C=O) groups is 1. The molecule has 0 aliphatic rings. The van der Waals surface area contributed by atoms with E-state index in [0.717, 1.165) is 5.56 Å². The number of carbonyl (C=O) groups excluding carboxylic acids is 1. The Balaban J connectivity index is 2.74. The average molecular weight is 248 g/mol. The van der Waals surface area contributed by atoms with Crippen LogP contribution in [0.2, 0.25) is 0 Å². The lowest BCUT2D eigenvalue weighted by atomic mass is 10.1. The van der Waals surface area contributed by atoms with E-state index in [1.165, 1.54) is 0 Å². The second-order valence-electron chi connectivity index (χ2n) is 3.70. The molecule has 0 saturated heterocycles. The quantitative estimate of drug-likeness (QED) is 0.785. The van der Waals surface area contributed by atoms with Crippen LogP contribution in [0.25, 0.3) is 6.08 Å². The van der Waals surface area contributed by atoms with E-state index in [-0.39, 0.29) is 12.5 Å². The summed E-state index contributed by atoms with van der Waals surface area (Å²) in [6.07, 6.45) is 3.85. The van der Waals surface area contributed by atoms with E-state index in [0.29, 0.717) is 24.0 Å². The van der Waals surface area contributed by atoms with Crippen LogP contribution in [0.1, 0.15) is 22.8 Å². The van der Waals surface area contributed by atoms with Crippen molar-refractivity contribution in [2.75, 3.05) is 13.1 Å². The van der Waals surface area contributed by atoms with Gasteiger partial charge in [0.2, 0.25) is 0 Å². The van der Waals surface area contributed by atoms with Gasteiger partial charge in [-0.25, -0.2) is 4.39 Å². The number of halogens is 1. The number of nitrogens with one attached hydrogen (secondary N) is 1. The minimum atomic E-state index is -0.0978. The Morgan fingerprint density at radius 1 is 1.39 bits per heavy atom. The van der Waals surface area contributed by atoms with Gasteiger partial charge in [0, 0.05) is 18.7 Å². The van der Waals surface area contributed by atoms with Gasteiger partial charge in [0.25, 0.3) is 5.91 Å². The molecule has 0 heterocycles. The van der Waals surface area contributed by atoms with E-state index in [4.69, 9.17) is 5.73 Å². The Bertz CT molecular complexity index is 449. The number of rotatable bonds is 5. The predicted molar refractivity (Wildman–Crippen MR) is 71.7 cm³/mol. The van der Waals surface area contributed by atoms with Gasteiger partial charge in [-0.2, -0.15) is 0 Å². The standard InChI is InChI=1S/C14H17FN2O/c1-2-17-14(18)13-7-5-11(6-8-13)3-4-12(9-15)10-16/h3-9H,2,10,16H2,1H3,(H,17,18)/b4-3+,12-9-. The molecule has 0 aromatic heterocycles. The minimum Gasteiger partial charge on any atom is -0.352 e. The maximum Gasteiger partial charge on any atom is 0.251 e. The molecule has 0 radical (unpaired) electrons. The SMILES string of the molecule is CCNC(=O)c1ccc(/C=C/C(=C/F)CN)cc1. The first-order chi connectivity index (χ1) is 8.71. The molecule has 0 aliphatic carbocycles. The third-order valence-electron chi connectivity index (χ3n) is 2.38. The first kappa shape index (κ1) is 14.1. The summed E-state index contributed by atoms with van der Waals surface area (Å²) in [5, 5.41) is 2.72. The van der Waals surface area contributed by atoms with Crippen LogP contribution in [0.3, 0.4) is 0 Å². The maximum atomic E-state index is 12.3. The van der Waals surface area contributed by atoms with Crippen molar-refractivity contribution >= 4 is 12.0 Å². The second kappa shape index (κ2) is 7.40. The van der Waals surface area contributed by atoms with E-state index >= 15 is 0 Å². The summed E-state index contributed by atoms with van der Waals surface area (Å²) in [5.74, 6) is -0.0978. The zero-order valence-electron chi connectivity index (χ0n) is 10.3. The van der Waals surface area contributed by atoms with E-state index in [2.05, 4.69) is 5.32 Å². The van der Waals surface area contributed by atoms with Crippen LogP contribution >= 0.6 is 0 Å². The molecule has 0 atom stereocenters. The van der Waals surface area contributed by atoms with Gasteiger partial charge in [-0.1, -0.05) is 24.3 Å². The van der Waals surface area contributed by atoms with Crippen LogP contribution < -0.4 is 11.1 Å². The van der Waals surface area contributed by atoms with Gasteiger partial charge in [-0.05, 0) is 30.2 Å². The molecule has 4 heteroatoms. The number of hydrogen-bond acceptors (Lipinski definition) is 2. The molecular formula is C14H17FN2O. The third-order valence-corrected chi connectivity index (χ3v) is 2.38. The average Bonchev–Trinajstić information content (AvgIpc) is 2.41. The van der Waals surface area contributed by atoms with Crippen molar-refractivity contribution in [1.82, 2.24) is 5.32 Å². The Morgan fingerprint density at radius 3 is 2.56 bits per heavy atom. The lowest BCUT2D eigenvalue weighted by molar-refractivity contribution is 0.0956. The van der Waals surface area contributed by atoms with Crippen LogP contribution in [0.5, 0.6) is 0 Å². The van der Waals surface area contributed by atoms with Gasteiger partial charge in [0.15, 0.2) is 0 Å². The summed E-state index contributed by atoms with van der Waals surface area (Å²) < 4.78 is 12.3. The molecule has 3 nitrogen and oxygen atoms in total. The summed E-state index contributed by atoms with van der Waals surface area (Å²) in [6.45, 7) is 2.62. The van der Waals surface area contributed by atoms with Crippen molar-refractivity contribution in [3.8, 4) is 0 Å². The number of amides is 1. The van der Waals surface area contributed by atoms with Crippen molar-refractivity contribution in [3.05, 3.63) is 53.4 Å². The summed E-state index contributed by atoms with van der Waals surface area (Å²) in [6, 6.07) is 7.05. The van der Waals surface area contributed by atoms with E-state index in [1.54, 1.807) is 36.4 Å². The van der Waals surface area contributed by atoms with Gasteiger partial charge in [0.1, 0.15) is 0 Å². The lowest BCUT2D eigenvalue weighted by Crippen LogP contribution is -2.22. The molecule has 1 aromatic rings. The summed E-state index contributed by atoms with van der Waals surface area (Å²) >= 11 is 0. The Morgan fingerprint density at radius 2 is 2.06 bits per heavy atom. The number of benzene rings is 1. The molecule has 1 rings (SSSR count). The number of hydrogen-bond donors (Lipinski definition) is 2. The van der Waals surface area contributed by atoms with Crippen molar-refractivity contribution in [3.63, 3.8) is 0 Å². The molecule has 1 aromatic carbocycles. The fourth-order valence-electron chi connectivity index (χ4n) is 1.36. The first-order valence-electron chi connectivity index (χ1n) is 5.77. The van der Waals surface area contributed by atoms with E-state index < -0.39 is 0 Å². The largest absolute Gasteiger partial charge is 0.352 e. The smallest absolute Gasteiger partial charge is 0.251 e. The predicted octanol–water partition coefficient (Wildman–Crippen LogP) is 2.26. The molecule has 0 fully saturated rings. The first-order valence-corrected chi connectivity index (χ1v) is 5.77. The van der Waals surface area contributed by atoms with Gasteiger partial charge in [0.05, 0.1) is 6.33 Å². The van der Waals surface area contributed by atoms with Gasteiger partial charge in [-0.15, -0.1) is 0 Å². The molecule has 0 bridgehead atoms. The highest BCUT2D eigenvalue weighted by Gasteiger charge is 2.02. The summed E-state index contributed by atoms with van der Waals surface area (Å²) in [7, 11) is 0. The maximum absolute atomic E-state index is 12.3. The summed E-state index contributed by atoms with van der Waals surface area (Å²) in [4.78, 5) is 11.5. The molecule has 0 aliphatic heterocycles. The lowest BCUT2D eigenvalue weighted by Gasteiger charge is -2.02. The van der Waals surface area contributed by atoms with Crippen LogP contribution in [-0.4, -0.2) is 19.0 Å². The van der Waals surface area contributed by atoms with Gasteiger partial charge in [-0.3, -0.25) is 4.79 Å². The van der Waals surface area contributed by atoms with Crippen LogP contribution in [0.4, 0.5) is 4.39 Å². The van der Waals surface area contributed by atoms with E-state index in [9.17, 15) is 9.18 Å². The third kappa shape index (κ3) is 4.14. The molecule has 18 heavy (non-hydrogen) atoms. The monoisotopic (exact) mass is 248 g/mol. The zero-order chi connectivity index (χ0) is 13.4. The molecule has 1 amide bonds. The highest BCUT2D eigenvalue weighted by molar-refractivity contribution is 5.94.